The zero-order valence-corrected chi connectivity index (χ0v) is 49.3. The Labute approximate surface area is 464 Å². The Balaban J connectivity index is 4.35. The minimum atomic E-state index is -0.832. The van der Waals surface area contributed by atoms with Gasteiger partial charge in [0.15, 0.2) is 6.10 Å². The Morgan fingerprint density at radius 3 is 0.880 bits per heavy atom. The molecular weight excluding hydrogens is 925 g/mol. The summed E-state index contributed by atoms with van der Waals surface area (Å²) in [6.45, 7) is 6.46. The van der Waals surface area contributed by atoms with Crippen LogP contribution >= 0.6 is 0 Å². The summed E-state index contributed by atoms with van der Waals surface area (Å²) in [7, 11) is 0. The summed E-state index contributed by atoms with van der Waals surface area (Å²) in [6.07, 6.45) is 84.4. The maximum atomic E-state index is 12.8. The fraction of sp³-hybridized carbons (Fsp3) is 0.725. The molecule has 1 unspecified atom stereocenters. The molecule has 0 aliphatic heterocycles. The average molecular weight is 1040 g/mol. The molecule has 0 spiro atoms. The van der Waals surface area contributed by atoms with Crippen molar-refractivity contribution in [3.05, 3.63) is 97.2 Å². The summed E-state index contributed by atoms with van der Waals surface area (Å²) in [5, 5.41) is 0. The van der Waals surface area contributed by atoms with Crippen LogP contribution in [-0.4, -0.2) is 37.2 Å². The molecule has 0 bridgehead atoms. The molecule has 0 saturated carbocycles. The van der Waals surface area contributed by atoms with Gasteiger partial charge in [-0.1, -0.05) is 298 Å². The van der Waals surface area contributed by atoms with Crippen LogP contribution in [0, 0.1) is 0 Å². The van der Waals surface area contributed by atoms with Gasteiger partial charge >= 0.3 is 17.9 Å². The van der Waals surface area contributed by atoms with Crippen molar-refractivity contribution in [3.8, 4) is 0 Å². The third kappa shape index (κ3) is 61.1. The molecule has 0 rings (SSSR count). The molecule has 0 saturated heterocycles. The number of esters is 3. The smallest absolute Gasteiger partial charge is 0.310 e. The number of rotatable bonds is 57. The van der Waals surface area contributed by atoms with Crippen molar-refractivity contribution < 1.29 is 28.6 Å². The topological polar surface area (TPSA) is 78.9 Å². The number of carbonyl (C=O) groups excluding carboxylic acids is 3. The molecule has 0 heterocycles. The maximum absolute atomic E-state index is 12.8. The quantitative estimate of drug-likeness (QED) is 0.0261. The first kappa shape index (κ1) is 71.3. The summed E-state index contributed by atoms with van der Waals surface area (Å²) < 4.78 is 16.8. The molecule has 0 aromatic carbocycles. The highest BCUT2D eigenvalue weighted by Gasteiger charge is 2.19. The van der Waals surface area contributed by atoms with Gasteiger partial charge in [-0.3, -0.25) is 14.4 Å². The van der Waals surface area contributed by atoms with Gasteiger partial charge in [-0.05, 0) is 83.5 Å². The molecule has 6 nitrogen and oxygen atoms in total. The predicted molar refractivity (Wildman–Crippen MR) is 325 cm³/mol. The van der Waals surface area contributed by atoms with E-state index < -0.39 is 12.1 Å². The zero-order chi connectivity index (χ0) is 54.3. The van der Waals surface area contributed by atoms with Gasteiger partial charge in [0, 0.05) is 12.8 Å². The average Bonchev–Trinajstić information content (AvgIpc) is 3.41. The number of ether oxygens (including phenoxy) is 3. The first-order valence-electron chi connectivity index (χ1n) is 31.7. The number of allylic oxidation sites excluding steroid dienone is 15. The van der Waals surface area contributed by atoms with Gasteiger partial charge in [0.2, 0.25) is 0 Å². The molecular formula is C69H118O6. The molecule has 0 aliphatic carbocycles. The molecule has 1 atom stereocenters. The Kier molecular flexibility index (Phi) is 59.8. The van der Waals surface area contributed by atoms with E-state index in [1.54, 1.807) is 6.08 Å². The molecule has 0 aliphatic rings. The number of carbonyl (C=O) groups is 3. The highest BCUT2D eigenvalue weighted by atomic mass is 16.6. The van der Waals surface area contributed by atoms with Crippen molar-refractivity contribution in [2.75, 3.05) is 13.2 Å². The van der Waals surface area contributed by atoms with E-state index in [1.165, 1.54) is 180 Å². The van der Waals surface area contributed by atoms with Crippen molar-refractivity contribution in [2.45, 2.75) is 309 Å². The van der Waals surface area contributed by atoms with Crippen LogP contribution in [0.1, 0.15) is 303 Å². The van der Waals surface area contributed by atoms with E-state index in [4.69, 9.17) is 14.2 Å². The van der Waals surface area contributed by atoms with E-state index >= 15 is 0 Å². The Morgan fingerprint density at radius 2 is 0.560 bits per heavy atom. The maximum Gasteiger partial charge on any atom is 0.310 e. The van der Waals surface area contributed by atoms with Crippen molar-refractivity contribution in [1.82, 2.24) is 0 Å². The van der Waals surface area contributed by atoms with E-state index in [1.807, 2.05) is 6.08 Å². The van der Waals surface area contributed by atoms with Crippen molar-refractivity contribution in [1.29, 1.82) is 0 Å². The fourth-order valence-corrected chi connectivity index (χ4v) is 8.88. The van der Waals surface area contributed by atoms with Gasteiger partial charge < -0.3 is 14.2 Å². The molecule has 75 heavy (non-hydrogen) atoms. The standard InChI is InChI=1S/C69H118O6/c1-4-7-10-13-16-19-22-25-28-29-30-31-32-33-34-35-36-37-38-39-42-44-47-50-53-56-59-62-68(71)74-65-66(75-69(72)63-60-57-54-51-48-45-41-27-24-21-18-15-12-9-6-3)64-73-67(70)61-58-55-52-49-46-43-40-26-23-20-17-14-11-8-5-2/h9,12,18,21-22,25,27,29-30,32-33,41,48,51,57,60,66H,4-8,10-11,13-17,19-20,23-24,26,28,31,34-40,42-47,49-50,52-56,58-59,61-65H2,1-3H3/b12-9-,21-18-,25-22-,30-29-,33-32-,41-27-,51-48-,60-57-. The molecule has 0 aromatic rings. The number of hydrogen-bond donors (Lipinski definition) is 0. The first-order valence-corrected chi connectivity index (χ1v) is 31.7. The van der Waals surface area contributed by atoms with Gasteiger partial charge in [-0.15, -0.1) is 0 Å². The molecule has 0 N–H and O–H groups in total. The van der Waals surface area contributed by atoms with Gasteiger partial charge in [-0.2, -0.15) is 0 Å². The normalized spacial score (nSPS) is 12.7. The molecule has 0 radical (unpaired) electrons. The first-order chi connectivity index (χ1) is 37.0. The summed E-state index contributed by atoms with van der Waals surface area (Å²) in [5.74, 6) is -1.04. The lowest BCUT2D eigenvalue weighted by Crippen LogP contribution is -2.30. The van der Waals surface area contributed by atoms with E-state index in [9.17, 15) is 14.4 Å². The van der Waals surface area contributed by atoms with Crippen LogP contribution in [0.5, 0.6) is 0 Å². The van der Waals surface area contributed by atoms with E-state index in [2.05, 4.69) is 106 Å². The summed E-state index contributed by atoms with van der Waals surface area (Å²) in [5.41, 5.74) is 0. The minimum absolute atomic E-state index is 0.0971. The summed E-state index contributed by atoms with van der Waals surface area (Å²) in [4.78, 5) is 38.2. The molecule has 0 fully saturated rings. The van der Waals surface area contributed by atoms with Crippen LogP contribution < -0.4 is 0 Å². The number of hydrogen-bond acceptors (Lipinski definition) is 6. The molecule has 0 amide bonds. The summed E-state index contributed by atoms with van der Waals surface area (Å²) >= 11 is 0. The third-order valence-electron chi connectivity index (χ3n) is 13.6. The lowest BCUT2D eigenvalue weighted by atomic mass is 10.0. The van der Waals surface area contributed by atoms with Gasteiger partial charge in [0.05, 0.1) is 6.42 Å². The van der Waals surface area contributed by atoms with Crippen molar-refractivity contribution in [2.24, 2.45) is 0 Å². The highest BCUT2D eigenvalue weighted by Crippen LogP contribution is 2.16. The van der Waals surface area contributed by atoms with E-state index in [0.717, 1.165) is 83.5 Å². The van der Waals surface area contributed by atoms with Crippen LogP contribution in [-0.2, 0) is 28.6 Å². The van der Waals surface area contributed by atoms with Crippen LogP contribution in [0.4, 0.5) is 0 Å². The van der Waals surface area contributed by atoms with Gasteiger partial charge in [-0.25, -0.2) is 0 Å². The van der Waals surface area contributed by atoms with Crippen molar-refractivity contribution >= 4 is 17.9 Å². The van der Waals surface area contributed by atoms with Crippen LogP contribution in [0.3, 0.4) is 0 Å². The minimum Gasteiger partial charge on any atom is -0.462 e. The monoisotopic (exact) mass is 1040 g/mol. The van der Waals surface area contributed by atoms with Crippen LogP contribution in [0.2, 0.25) is 0 Å². The second kappa shape index (κ2) is 62.9. The van der Waals surface area contributed by atoms with Gasteiger partial charge in [0.25, 0.3) is 0 Å². The number of unbranched alkanes of at least 4 members (excludes halogenated alkanes) is 31. The molecule has 430 valence electrons. The van der Waals surface area contributed by atoms with E-state index in [0.29, 0.717) is 12.8 Å². The van der Waals surface area contributed by atoms with Crippen LogP contribution in [0.25, 0.3) is 0 Å². The summed E-state index contributed by atoms with van der Waals surface area (Å²) in [6, 6.07) is 0. The SMILES string of the molecule is CC/C=C\C/C=C\C/C=C\C/C=C\C/C=C\CC(=O)OC(COC(=O)CCCCCCCCCCCCCC/C=C\C/C=C\C/C=C\CCCCCCC)COC(=O)CCCCCCCCCCCCCCCCC. The fourth-order valence-electron chi connectivity index (χ4n) is 8.88. The highest BCUT2D eigenvalue weighted by molar-refractivity contribution is 5.72. The lowest BCUT2D eigenvalue weighted by molar-refractivity contribution is -0.166. The predicted octanol–water partition coefficient (Wildman–Crippen LogP) is 21.7. The van der Waals surface area contributed by atoms with Crippen LogP contribution in [0.15, 0.2) is 97.2 Å². The molecule has 0 aromatic heterocycles. The Morgan fingerprint density at radius 1 is 0.293 bits per heavy atom. The van der Waals surface area contributed by atoms with Gasteiger partial charge in [0.1, 0.15) is 13.2 Å². The Bertz CT molecular complexity index is 1480. The lowest BCUT2D eigenvalue weighted by Gasteiger charge is -2.18. The third-order valence-corrected chi connectivity index (χ3v) is 13.6. The van der Waals surface area contributed by atoms with E-state index in [-0.39, 0.29) is 31.6 Å². The van der Waals surface area contributed by atoms with Crippen molar-refractivity contribution in [3.63, 3.8) is 0 Å². The second-order valence-corrected chi connectivity index (χ2v) is 21.0. The zero-order valence-electron chi connectivity index (χ0n) is 49.3. The Hall–Kier alpha value is -3.67. The largest absolute Gasteiger partial charge is 0.462 e. The second-order valence-electron chi connectivity index (χ2n) is 21.0. The molecule has 6 heteroatoms.